The van der Waals surface area contributed by atoms with Crippen LogP contribution in [0.2, 0.25) is 0 Å². The van der Waals surface area contributed by atoms with Crippen molar-refractivity contribution >= 4 is 22.6 Å². The number of fused-ring (bicyclic) bond motifs is 1. The number of benzene rings is 1. The molecule has 112 valence electrons. The highest BCUT2D eigenvalue weighted by molar-refractivity contribution is 5.94. The van der Waals surface area contributed by atoms with Gasteiger partial charge in [-0.05, 0) is 19.4 Å². The van der Waals surface area contributed by atoms with Crippen LogP contribution in [0.5, 0.6) is 0 Å². The summed E-state index contributed by atoms with van der Waals surface area (Å²) in [5.41, 5.74) is 3.76. The van der Waals surface area contributed by atoms with E-state index < -0.39 is 0 Å². The van der Waals surface area contributed by atoms with Gasteiger partial charge in [0.25, 0.3) is 0 Å². The fourth-order valence-electron chi connectivity index (χ4n) is 2.40. The number of carbonyl (C=O) groups excluding carboxylic acids is 1. The molecule has 21 heavy (non-hydrogen) atoms. The molecular weight excluding hydrogens is 264 g/mol. The molecule has 0 unspecified atom stereocenters. The summed E-state index contributed by atoms with van der Waals surface area (Å²) >= 11 is 0. The van der Waals surface area contributed by atoms with Crippen molar-refractivity contribution in [1.29, 1.82) is 0 Å². The largest absolute Gasteiger partial charge is 0.469 e. The molecule has 0 aliphatic heterocycles. The minimum Gasteiger partial charge on any atom is -0.469 e. The third-order valence-corrected chi connectivity index (χ3v) is 3.58. The third-order valence-electron chi connectivity index (χ3n) is 3.58. The van der Waals surface area contributed by atoms with Crippen LogP contribution in [-0.4, -0.2) is 24.6 Å². The molecule has 0 spiro atoms. The average Bonchev–Trinajstić information content (AvgIpc) is 2.50. The van der Waals surface area contributed by atoms with Gasteiger partial charge in [0, 0.05) is 28.9 Å². The zero-order valence-corrected chi connectivity index (χ0v) is 12.9. The van der Waals surface area contributed by atoms with Gasteiger partial charge in [-0.2, -0.15) is 0 Å². The molecule has 4 nitrogen and oxygen atoms in total. The first-order valence-electron chi connectivity index (χ1n) is 7.36. The number of hydrogen-bond donors (Lipinski definition) is 1. The van der Waals surface area contributed by atoms with Gasteiger partial charge in [0.1, 0.15) is 0 Å². The van der Waals surface area contributed by atoms with Crippen LogP contribution in [0.15, 0.2) is 24.3 Å². The Balaban J connectivity index is 2.49. The van der Waals surface area contributed by atoms with Crippen molar-refractivity contribution < 1.29 is 9.53 Å². The number of carbonyl (C=O) groups is 1. The number of unbranched alkanes of at least 4 members (excludes halogenated alkanes) is 1. The van der Waals surface area contributed by atoms with Gasteiger partial charge in [-0.25, -0.2) is 0 Å². The summed E-state index contributed by atoms with van der Waals surface area (Å²) in [6, 6.07) is 8.00. The molecule has 0 amide bonds. The number of hydrogen-bond acceptors (Lipinski definition) is 4. The monoisotopic (exact) mass is 286 g/mol. The molecule has 0 atom stereocenters. The van der Waals surface area contributed by atoms with Gasteiger partial charge in [-0.3, -0.25) is 9.78 Å². The summed E-state index contributed by atoms with van der Waals surface area (Å²) in [5, 5.41) is 4.53. The SMILES string of the molecule is CCCCNc1c(CC(=O)OC)c(C)nc2ccccc12. The number of aromatic nitrogens is 1. The lowest BCUT2D eigenvalue weighted by Crippen LogP contribution is -2.12. The Bertz CT molecular complexity index is 638. The second kappa shape index (κ2) is 7.07. The zero-order chi connectivity index (χ0) is 15.2. The second-order valence-electron chi connectivity index (χ2n) is 5.10. The van der Waals surface area contributed by atoms with Crippen LogP contribution in [-0.2, 0) is 16.0 Å². The molecule has 2 aromatic rings. The Morgan fingerprint density at radius 3 is 2.81 bits per heavy atom. The van der Waals surface area contributed by atoms with E-state index in [1.807, 2.05) is 31.2 Å². The zero-order valence-electron chi connectivity index (χ0n) is 12.9. The van der Waals surface area contributed by atoms with E-state index >= 15 is 0 Å². The highest BCUT2D eigenvalue weighted by Crippen LogP contribution is 2.29. The molecule has 0 fully saturated rings. The molecule has 0 aliphatic carbocycles. The molecule has 0 saturated heterocycles. The summed E-state index contributed by atoms with van der Waals surface area (Å²) in [6.07, 6.45) is 2.46. The average molecular weight is 286 g/mol. The van der Waals surface area contributed by atoms with Crippen LogP contribution >= 0.6 is 0 Å². The summed E-state index contributed by atoms with van der Waals surface area (Å²) in [4.78, 5) is 16.3. The number of ether oxygens (including phenoxy) is 1. The highest BCUT2D eigenvalue weighted by Gasteiger charge is 2.15. The van der Waals surface area contributed by atoms with Gasteiger partial charge in [0.15, 0.2) is 0 Å². The minimum atomic E-state index is -0.242. The van der Waals surface area contributed by atoms with Gasteiger partial charge < -0.3 is 10.1 Å². The number of pyridine rings is 1. The first-order chi connectivity index (χ1) is 10.2. The molecule has 1 aromatic carbocycles. The van der Waals surface area contributed by atoms with Crippen molar-refractivity contribution in [3.05, 3.63) is 35.5 Å². The van der Waals surface area contributed by atoms with Crippen LogP contribution < -0.4 is 5.32 Å². The molecule has 0 aliphatic rings. The Labute approximate surface area is 125 Å². The summed E-state index contributed by atoms with van der Waals surface area (Å²) in [7, 11) is 1.41. The molecule has 1 heterocycles. The number of nitrogens with zero attached hydrogens (tertiary/aromatic N) is 1. The number of esters is 1. The van der Waals surface area contributed by atoms with E-state index in [-0.39, 0.29) is 12.4 Å². The van der Waals surface area contributed by atoms with Crippen LogP contribution in [0.3, 0.4) is 0 Å². The van der Waals surface area contributed by atoms with E-state index in [9.17, 15) is 4.79 Å². The van der Waals surface area contributed by atoms with Crippen molar-refractivity contribution in [2.24, 2.45) is 0 Å². The Kier molecular flexibility index (Phi) is 5.14. The Hall–Kier alpha value is -2.10. The van der Waals surface area contributed by atoms with Crippen LogP contribution in [0.1, 0.15) is 31.0 Å². The summed E-state index contributed by atoms with van der Waals surface area (Å²) < 4.78 is 4.81. The molecular formula is C17H22N2O2. The number of rotatable bonds is 6. The maximum absolute atomic E-state index is 11.7. The van der Waals surface area contributed by atoms with Crippen molar-refractivity contribution in [2.45, 2.75) is 33.1 Å². The molecule has 1 N–H and O–H groups in total. The first-order valence-corrected chi connectivity index (χ1v) is 7.36. The van der Waals surface area contributed by atoms with Gasteiger partial charge in [0.2, 0.25) is 0 Å². The fourth-order valence-corrected chi connectivity index (χ4v) is 2.40. The maximum atomic E-state index is 11.7. The molecule has 0 saturated carbocycles. The van der Waals surface area contributed by atoms with E-state index in [1.165, 1.54) is 7.11 Å². The minimum absolute atomic E-state index is 0.242. The number of anilines is 1. The lowest BCUT2D eigenvalue weighted by atomic mass is 10.0. The van der Waals surface area contributed by atoms with Gasteiger partial charge in [-0.15, -0.1) is 0 Å². The third kappa shape index (κ3) is 3.51. The second-order valence-corrected chi connectivity index (χ2v) is 5.10. The van der Waals surface area contributed by atoms with Gasteiger partial charge in [0.05, 0.1) is 19.0 Å². The quantitative estimate of drug-likeness (QED) is 0.652. The normalized spacial score (nSPS) is 10.6. The predicted molar refractivity (Wildman–Crippen MR) is 85.6 cm³/mol. The Morgan fingerprint density at radius 2 is 2.10 bits per heavy atom. The first kappa shape index (κ1) is 15.3. The van der Waals surface area contributed by atoms with Crippen LogP contribution in [0, 0.1) is 6.92 Å². The Morgan fingerprint density at radius 1 is 1.33 bits per heavy atom. The summed E-state index contributed by atoms with van der Waals surface area (Å²) in [5.74, 6) is -0.242. The van der Waals surface area contributed by atoms with Gasteiger partial charge >= 0.3 is 5.97 Å². The van der Waals surface area contributed by atoms with E-state index in [4.69, 9.17) is 4.74 Å². The summed E-state index contributed by atoms with van der Waals surface area (Å²) in [6.45, 7) is 4.99. The van der Waals surface area contributed by atoms with Gasteiger partial charge in [-0.1, -0.05) is 31.5 Å². The standard InChI is InChI=1S/C17H22N2O2/c1-4-5-10-18-17-13-8-6-7-9-15(13)19-12(2)14(17)11-16(20)21-3/h6-9H,4-5,10-11H2,1-3H3,(H,18,19). The molecule has 0 bridgehead atoms. The maximum Gasteiger partial charge on any atom is 0.310 e. The van der Waals surface area contributed by atoms with E-state index in [0.29, 0.717) is 0 Å². The molecule has 1 aromatic heterocycles. The predicted octanol–water partition coefficient (Wildman–Crippen LogP) is 3.47. The molecule has 4 heteroatoms. The number of para-hydroxylation sites is 1. The smallest absolute Gasteiger partial charge is 0.310 e. The van der Waals surface area contributed by atoms with Crippen molar-refractivity contribution in [3.8, 4) is 0 Å². The van der Waals surface area contributed by atoms with Crippen LogP contribution in [0.4, 0.5) is 5.69 Å². The van der Waals surface area contributed by atoms with Crippen LogP contribution in [0.25, 0.3) is 10.9 Å². The number of aryl methyl sites for hydroxylation is 1. The van der Waals surface area contributed by atoms with Crippen molar-refractivity contribution in [2.75, 3.05) is 19.0 Å². The molecule has 2 rings (SSSR count). The van der Waals surface area contributed by atoms with E-state index in [2.05, 4.69) is 17.2 Å². The lowest BCUT2D eigenvalue weighted by Gasteiger charge is -2.16. The lowest BCUT2D eigenvalue weighted by molar-refractivity contribution is -0.139. The van der Waals surface area contributed by atoms with Crippen molar-refractivity contribution in [1.82, 2.24) is 4.98 Å². The fraction of sp³-hybridized carbons (Fsp3) is 0.412. The molecule has 0 radical (unpaired) electrons. The number of nitrogens with one attached hydrogen (secondary N) is 1. The highest BCUT2D eigenvalue weighted by atomic mass is 16.5. The number of methoxy groups -OCH3 is 1. The topological polar surface area (TPSA) is 51.2 Å². The van der Waals surface area contributed by atoms with E-state index in [0.717, 1.165) is 47.2 Å². The van der Waals surface area contributed by atoms with Crippen molar-refractivity contribution in [3.63, 3.8) is 0 Å². The van der Waals surface area contributed by atoms with E-state index in [1.54, 1.807) is 0 Å².